The summed E-state index contributed by atoms with van der Waals surface area (Å²) in [6.07, 6.45) is 10.9. The summed E-state index contributed by atoms with van der Waals surface area (Å²) in [5, 5.41) is 0.725. The summed E-state index contributed by atoms with van der Waals surface area (Å²) >= 11 is 14.4. The number of benzene rings is 2. The highest BCUT2D eigenvalue weighted by Gasteiger charge is 2.44. The number of nitrogens with zero attached hydrogens (tertiary/aromatic N) is 4. The zero-order valence-corrected chi connectivity index (χ0v) is 32.4. The number of hydrogen-bond acceptors (Lipinski definition) is 1. The van der Waals surface area contributed by atoms with Gasteiger partial charge in [0.1, 0.15) is 0 Å². The summed E-state index contributed by atoms with van der Waals surface area (Å²) in [5.74, 6) is 0. The standard InChI is InChI=1S/C37H52Br2ClN4/c1-36(2)30-25-27(38)13-17-32(30)41(21-11-23-43(5,6)7)34(36)19-15-29(40)16-20-35-37(3,4)31-26-28(39)14-18-33(31)42(35)22-12-24-44(8,9)10/h13-20,25-26H,11-12,21-24H2,1-10H3/q+3. The molecule has 0 bridgehead atoms. The molecule has 2 aromatic carbocycles. The summed E-state index contributed by atoms with van der Waals surface area (Å²) in [6.45, 7) is 13.5. The maximum Gasteiger partial charge on any atom is 0.209 e. The molecular weight excluding hydrogens is 696 g/mol. The van der Waals surface area contributed by atoms with Crippen molar-refractivity contribution in [2.45, 2.75) is 51.4 Å². The van der Waals surface area contributed by atoms with Crippen LogP contribution in [0, 0.1) is 0 Å². The van der Waals surface area contributed by atoms with Crippen LogP contribution in [0.15, 0.2) is 80.4 Å². The normalized spacial score (nSPS) is 19.0. The van der Waals surface area contributed by atoms with Crippen LogP contribution in [0.25, 0.3) is 0 Å². The van der Waals surface area contributed by atoms with Crippen molar-refractivity contribution in [2.75, 3.05) is 73.4 Å². The van der Waals surface area contributed by atoms with E-state index >= 15 is 0 Å². The third kappa shape index (κ3) is 7.98. The van der Waals surface area contributed by atoms with Crippen molar-refractivity contribution in [1.82, 2.24) is 0 Å². The Hall–Kier alpha value is -1.70. The minimum Gasteiger partial charge on any atom is -0.344 e. The molecule has 4 nitrogen and oxygen atoms in total. The van der Waals surface area contributed by atoms with Crippen molar-refractivity contribution >= 4 is 60.5 Å². The lowest BCUT2D eigenvalue weighted by Gasteiger charge is -2.29. The number of rotatable bonds is 11. The molecule has 0 saturated carbocycles. The van der Waals surface area contributed by atoms with Crippen molar-refractivity contribution in [2.24, 2.45) is 0 Å². The second-order valence-electron chi connectivity index (χ2n) is 15.4. The molecule has 0 radical (unpaired) electrons. The van der Waals surface area contributed by atoms with E-state index in [0.29, 0.717) is 0 Å². The summed E-state index contributed by atoms with van der Waals surface area (Å²) in [5.41, 5.74) is 7.59. The van der Waals surface area contributed by atoms with Gasteiger partial charge in [-0.1, -0.05) is 57.3 Å². The first-order valence-electron chi connectivity index (χ1n) is 15.7. The van der Waals surface area contributed by atoms with Crippen molar-refractivity contribution < 1.29 is 13.5 Å². The smallest absolute Gasteiger partial charge is 0.209 e. The summed E-state index contributed by atoms with van der Waals surface area (Å²) in [4.78, 5) is 2.50. The van der Waals surface area contributed by atoms with Gasteiger partial charge in [-0.15, -0.1) is 0 Å². The number of fused-ring (bicyclic) bond motifs is 2. The SMILES string of the molecule is CC1(C)C(/C=C/C(Cl)=C/C=C2/N(CCC[N+](C)(C)C)c3ccc(Br)cc3C2(C)C)=[N+](CCC[N+](C)(C)C)c2ccc(Br)cc21. The summed E-state index contributed by atoms with van der Waals surface area (Å²) < 4.78 is 6.65. The predicted molar refractivity (Wildman–Crippen MR) is 198 cm³/mol. The van der Waals surface area contributed by atoms with Gasteiger partial charge in [0.05, 0.1) is 67.2 Å². The lowest BCUT2D eigenvalue weighted by atomic mass is 9.81. The molecule has 0 N–H and O–H groups in total. The van der Waals surface area contributed by atoms with Gasteiger partial charge in [-0.3, -0.25) is 0 Å². The third-order valence-electron chi connectivity index (χ3n) is 8.93. The Kier molecular flexibility index (Phi) is 10.5. The van der Waals surface area contributed by atoms with Crippen molar-refractivity contribution in [3.8, 4) is 0 Å². The largest absolute Gasteiger partial charge is 0.344 e. The zero-order chi connectivity index (χ0) is 32.7. The van der Waals surface area contributed by atoms with E-state index in [4.69, 9.17) is 11.6 Å². The fraction of sp³-hybridized carbons (Fsp3) is 0.486. The minimum atomic E-state index is -0.132. The molecule has 238 valence electrons. The molecule has 2 aliphatic heterocycles. The summed E-state index contributed by atoms with van der Waals surface area (Å²) in [7, 11) is 13.6. The first-order chi connectivity index (χ1) is 20.3. The molecule has 0 saturated heterocycles. The monoisotopic (exact) mass is 745 g/mol. The Bertz CT molecular complexity index is 1520. The third-order valence-corrected chi connectivity index (χ3v) is 10.2. The molecule has 2 aliphatic rings. The number of quaternary nitrogens is 2. The van der Waals surface area contributed by atoms with Crippen LogP contribution in [-0.2, 0) is 10.8 Å². The van der Waals surface area contributed by atoms with E-state index in [2.05, 4.69) is 172 Å². The number of halogens is 3. The zero-order valence-electron chi connectivity index (χ0n) is 28.4. The van der Waals surface area contributed by atoms with Gasteiger partial charge in [-0.05, 0) is 68.0 Å². The molecule has 0 unspecified atom stereocenters. The lowest BCUT2D eigenvalue weighted by molar-refractivity contribution is -0.871. The van der Waals surface area contributed by atoms with E-state index in [9.17, 15) is 0 Å². The number of anilines is 1. The molecule has 2 aromatic rings. The van der Waals surface area contributed by atoms with E-state index in [-0.39, 0.29) is 10.8 Å². The van der Waals surface area contributed by atoms with Crippen LogP contribution in [0.4, 0.5) is 11.4 Å². The Labute approximate surface area is 288 Å². The van der Waals surface area contributed by atoms with E-state index in [1.165, 1.54) is 33.9 Å². The molecule has 0 spiro atoms. The van der Waals surface area contributed by atoms with E-state index < -0.39 is 0 Å². The summed E-state index contributed by atoms with van der Waals surface area (Å²) in [6, 6.07) is 13.4. The number of hydrogen-bond donors (Lipinski definition) is 0. The van der Waals surface area contributed by atoms with Crippen LogP contribution in [0.5, 0.6) is 0 Å². The lowest BCUT2D eigenvalue weighted by Crippen LogP contribution is -2.37. The molecule has 44 heavy (non-hydrogen) atoms. The predicted octanol–water partition coefficient (Wildman–Crippen LogP) is 9.14. The van der Waals surface area contributed by atoms with Gasteiger partial charge in [0, 0.05) is 61.4 Å². The highest BCUT2D eigenvalue weighted by molar-refractivity contribution is 9.10. The number of allylic oxidation sites excluding steroid dienone is 6. The van der Waals surface area contributed by atoms with Crippen LogP contribution in [0.1, 0.15) is 51.7 Å². The Balaban J connectivity index is 1.67. The topological polar surface area (TPSA) is 6.25 Å². The average molecular weight is 748 g/mol. The molecule has 0 atom stereocenters. The molecule has 4 rings (SSSR count). The highest BCUT2D eigenvalue weighted by Crippen LogP contribution is 2.49. The van der Waals surface area contributed by atoms with Gasteiger partial charge < -0.3 is 13.9 Å². The van der Waals surface area contributed by atoms with Crippen molar-refractivity contribution in [1.29, 1.82) is 0 Å². The molecule has 0 aliphatic carbocycles. The minimum absolute atomic E-state index is 0.132. The first-order valence-corrected chi connectivity index (χ1v) is 17.7. The maximum absolute atomic E-state index is 6.98. The van der Waals surface area contributed by atoms with Gasteiger partial charge >= 0.3 is 0 Å². The maximum atomic E-state index is 6.98. The molecule has 0 aromatic heterocycles. The second kappa shape index (κ2) is 13.2. The fourth-order valence-corrected chi connectivity index (χ4v) is 7.40. The molecule has 0 amide bonds. The highest BCUT2D eigenvalue weighted by atomic mass is 79.9. The Morgan fingerprint density at radius 2 is 1.43 bits per heavy atom. The van der Waals surface area contributed by atoms with Gasteiger partial charge in [0.25, 0.3) is 0 Å². The van der Waals surface area contributed by atoms with Gasteiger partial charge in [0.15, 0.2) is 12.3 Å². The van der Waals surface area contributed by atoms with Crippen LogP contribution >= 0.6 is 43.5 Å². The molecule has 2 heterocycles. The molecule has 7 heteroatoms. The van der Waals surface area contributed by atoms with Crippen molar-refractivity contribution in [3.63, 3.8) is 0 Å². The quantitative estimate of drug-likeness (QED) is 0.126. The Morgan fingerprint density at radius 1 is 0.841 bits per heavy atom. The molecule has 0 fully saturated rings. The van der Waals surface area contributed by atoms with Crippen LogP contribution in [-0.4, -0.2) is 87.7 Å². The average Bonchev–Trinajstić information content (AvgIpc) is 3.22. The van der Waals surface area contributed by atoms with Crippen LogP contribution in [0.2, 0.25) is 0 Å². The van der Waals surface area contributed by atoms with Crippen molar-refractivity contribution in [3.05, 3.63) is 91.5 Å². The van der Waals surface area contributed by atoms with Gasteiger partial charge in [-0.2, -0.15) is 4.58 Å². The Morgan fingerprint density at radius 3 is 2.07 bits per heavy atom. The van der Waals surface area contributed by atoms with Gasteiger partial charge in [0.2, 0.25) is 5.69 Å². The molecular formula is C37H52Br2ClN4+3. The van der Waals surface area contributed by atoms with Crippen LogP contribution in [0.3, 0.4) is 0 Å². The van der Waals surface area contributed by atoms with E-state index in [0.717, 1.165) is 62.0 Å². The fourth-order valence-electron chi connectivity index (χ4n) is 6.56. The van der Waals surface area contributed by atoms with E-state index in [1.54, 1.807) is 0 Å². The van der Waals surface area contributed by atoms with E-state index in [1.807, 2.05) is 0 Å². The van der Waals surface area contributed by atoms with Gasteiger partial charge in [-0.25, -0.2) is 0 Å². The second-order valence-corrected chi connectivity index (χ2v) is 17.7. The first kappa shape index (κ1) is 35.2. The van der Waals surface area contributed by atoms with Crippen LogP contribution < -0.4 is 4.90 Å².